The number of benzene rings is 4. The van der Waals surface area contributed by atoms with Crippen molar-refractivity contribution in [2.45, 2.75) is 52.1 Å². The van der Waals surface area contributed by atoms with Gasteiger partial charge < -0.3 is 24.6 Å². The Labute approximate surface area is 309 Å². The highest BCUT2D eigenvalue weighted by Gasteiger charge is 2.40. The highest BCUT2D eigenvalue weighted by molar-refractivity contribution is 7.85. The van der Waals surface area contributed by atoms with Crippen molar-refractivity contribution in [3.05, 3.63) is 114 Å². The minimum atomic E-state index is -4.24. The van der Waals surface area contributed by atoms with Crippen LogP contribution in [0.25, 0.3) is 11.4 Å². The molecule has 5 aromatic rings. The van der Waals surface area contributed by atoms with Crippen LogP contribution in [0, 0.1) is 0 Å². The largest absolute Gasteiger partial charge is 0.453 e. The van der Waals surface area contributed by atoms with Crippen molar-refractivity contribution in [1.82, 2.24) is 14.9 Å². The van der Waals surface area contributed by atoms with Gasteiger partial charge in [-0.05, 0) is 85.4 Å². The maximum Gasteiger partial charge on any atom is 0.264 e. The lowest BCUT2D eigenvalue weighted by atomic mass is 9.89. The Morgan fingerprint density at radius 3 is 2.30 bits per heavy atom. The summed E-state index contributed by atoms with van der Waals surface area (Å²) in [6, 6.07) is 23.7. The third kappa shape index (κ3) is 6.60. The molecule has 3 aliphatic rings. The first kappa shape index (κ1) is 34.4. The molecule has 270 valence electrons. The summed E-state index contributed by atoms with van der Waals surface area (Å²) < 4.78 is 47.7. The number of nitrogens with zero attached hydrogens (tertiary/aromatic N) is 5. The third-order valence-corrected chi connectivity index (χ3v) is 10.4. The first-order valence-corrected chi connectivity index (χ1v) is 19.6. The first-order valence-electron chi connectivity index (χ1n) is 18.0. The van der Waals surface area contributed by atoms with E-state index in [9.17, 15) is 13.0 Å². The standard InChI is InChI=1S/C41H40N6O5S/c1-3-12-27-18-19-32-29(26-27)45-37-28(13-9-25-53(48,49)50)35(41-44-22-11-24-46(41)23-4-2)38(36(39(37)52-32)40-42-20-10-21-43-40)47-30-14-5-7-16-33(30)51-34-17-8-6-15-31(34)47/h5-8,10-11,14-22,24,26,41,45H,3-4,9,12-13,23,25H2,1-2H3,(H,48,49,50). The van der Waals surface area contributed by atoms with Crippen LogP contribution >= 0.6 is 0 Å². The van der Waals surface area contributed by atoms with E-state index in [0.717, 1.165) is 53.1 Å². The van der Waals surface area contributed by atoms with Crippen LogP contribution in [-0.4, -0.2) is 46.4 Å². The topological polar surface area (TPSA) is 129 Å². The van der Waals surface area contributed by atoms with Crippen molar-refractivity contribution in [3.63, 3.8) is 0 Å². The van der Waals surface area contributed by atoms with Crippen molar-refractivity contribution >= 4 is 44.8 Å². The Bertz CT molecular complexity index is 2300. The van der Waals surface area contributed by atoms with Crippen molar-refractivity contribution in [2.24, 2.45) is 4.99 Å². The number of para-hydroxylation sites is 4. The number of aliphatic imine (C=N–C) groups is 1. The number of fused-ring (bicyclic) bond motifs is 4. The fraction of sp³-hybridized carbons (Fsp3) is 0.244. The third-order valence-electron chi connectivity index (χ3n) is 9.55. The van der Waals surface area contributed by atoms with Crippen LogP contribution in [0.15, 0.2) is 102 Å². The SMILES string of the molecule is CCCc1ccc2c(c1)Nc1c(CCCS(=O)(=O)O)c(C3N=CC=CN3CCC)c(N3c4ccccc4Oc4ccccc43)c(-c3ncccn3)c1O2. The molecule has 53 heavy (non-hydrogen) atoms. The second-order valence-corrected chi connectivity index (χ2v) is 14.8. The van der Waals surface area contributed by atoms with E-state index in [2.05, 4.69) is 41.1 Å². The molecule has 8 rings (SSSR count). The number of aromatic nitrogens is 2. The highest BCUT2D eigenvalue weighted by atomic mass is 32.2. The van der Waals surface area contributed by atoms with E-state index < -0.39 is 22.0 Å². The molecule has 11 nitrogen and oxygen atoms in total. The average molecular weight is 729 g/mol. The Balaban J connectivity index is 1.51. The molecule has 0 aliphatic carbocycles. The fourth-order valence-corrected chi connectivity index (χ4v) is 7.90. The van der Waals surface area contributed by atoms with Crippen LogP contribution in [0.5, 0.6) is 23.0 Å². The lowest BCUT2D eigenvalue weighted by molar-refractivity contribution is 0.285. The van der Waals surface area contributed by atoms with Crippen molar-refractivity contribution < 1.29 is 22.4 Å². The molecule has 1 aromatic heterocycles. The predicted molar refractivity (Wildman–Crippen MR) is 208 cm³/mol. The molecule has 0 bridgehead atoms. The van der Waals surface area contributed by atoms with Gasteiger partial charge in [0.05, 0.1) is 39.8 Å². The number of allylic oxidation sites excluding steroid dienone is 1. The Morgan fingerprint density at radius 1 is 0.868 bits per heavy atom. The van der Waals surface area contributed by atoms with Gasteiger partial charge in [0.2, 0.25) is 0 Å². The van der Waals surface area contributed by atoms with Gasteiger partial charge >= 0.3 is 0 Å². The minimum absolute atomic E-state index is 0.152. The summed E-state index contributed by atoms with van der Waals surface area (Å²) in [6.07, 6.45) is 11.9. The molecule has 4 aromatic carbocycles. The minimum Gasteiger partial charge on any atom is -0.453 e. The zero-order valence-corrected chi connectivity index (χ0v) is 30.4. The van der Waals surface area contributed by atoms with E-state index in [4.69, 9.17) is 24.4 Å². The zero-order chi connectivity index (χ0) is 36.5. The second kappa shape index (κ2) is 14.4. The van der Waals surface area contributed by atoms with Gasteiger partial charge in [0.15, 0.2) is 28.8 Å². The van der Waals surface area contributed by atoms with Gasteiger partial charge in [-0.25, -0.2) is 9.97 Å². The van der Waals surface area contributed by atoms with Crippen LogP contribution in [0.3, 0.4) is 0 Å². The quantitative estimate of drug-likeness (QED) is 0.124. The molecule has 0 spiro atoms. The van der Waals surface area contributed by atoms with E-state index in [1.165, 1.54) is 5.56 Å². The van der Waals surface area contributed by atoms with Gasteiger partial charge in [0, 0.05) is 36.9 Å². The van der Waals surface area contributed by atoms with E-state index in [0.29, 0.717) is 46.6 Å². The maximum absolute atomic E-state index is 12.2. The maximum atomic E-state index is 12.2. The van der Waals surface area contributed by atoms with Crippen LogP contribution in [0.1, 0.15) is 56.0 Å². The smallest absolute Gasteiger partial charge is 0.264 e. The van der Waals surface area contributed by atoms with Crippen LogP contribution < -0.4 is 19.7 Å². The number of ether oxygens (including phenoxy) is 2. The average Bonchev–Trinajstić information content (AvgIpc) is 3.16. The number of hydrogen-bond acceptors (Lipinski definition) is 10. The van der Waals surface area contributed by atoms with Gasteiger partial charge in [-0.15, -0.1) is 0 Å². The Hall–Kier alpha value is -5.72. The van der Waals surface area contributed by atoms with Crippen molar-refractivity contribution in [1.29, 1.82) is 0 Å². The highest BCUT2D eigenvalue weighted by Crippen LogP contribution is 2.61. The second-order valence-electron chi connectivity index (χ2n) is 13.2. The molecule has 0 saturated carbocycles. The summed E-state index contributed by atoms with van der Waals surface area (Å²) in [4.78, 5) is 19.2. The van der Waals surface area contributed by atoms with Crippen molar-refractivity contribution in [2.75, 3.05) is 22.5 Å². The van der Waals surface area contributed by atoms with Crippen LogP contribution in [0.4, 0.5) is 28.4 Å². The zero-order valence-electron chi connectivity index (χ0n) is 29.6. The van der Waals surface area contributed by atoms with Crippen molar-refractivity contribution in [3.8, 4) is 34.4 Å². The van der Waals surface area contributed by atoms with Gasteiger partial charge in [-0.3, -0.25) is 9.55 Å². The molecule has 1 unspecified atom stereocenters. The van der Waals surface area contributed by atoms with Crippen LogP contribution in [0.2, 0.25) is 0 Å². The molecule has 1 atom stereocenters. The van der Waals surface area contributed by atoms with E-state index in [1.54, 1.807) is 24.7 Å². The molecular weight excluding hydrogens is 689 g/mol. The molecule has 12 heteroatoms. The lowest BCUT2D eigenvalue weighted by Crippen LogP contribution is -2.29. The van der Waals surface area contributed by atoms with Gasteiger partial charge in [-0.2, -0.15) is 8.42 Å². The molecule has 0 radical (unpaired) electrons. The van der Waals surface area contributed by atoms with E-state index in [-0.39, 0.29) is 12.8 Å². The molecule has 4 heterocycles. The number of aryl methyl sites for hydroxylation is 1. The summed E-state index contributed by atoms with van der Waals surface area (Å²) in [5.41, 5.74) is 7.23. The number of hydrogen-bond donors (Lipinski definition) is 2. The number of nitrogens with one attached hydrogen (secondary N) is 1. The summed E-state index contributed by atoms with van der Waals surface area (Å²) >= 11 is 0. The number of anilines is 5. The Kier molecular flexibility index (Phi) is 9.31. The molecule has 2 N–H and O–H groups in total. The monoisotopic (exact) mass is 728 g/mol. The predicted octanol–water partition coefficient (Wildman–Crippen LogP) is 9.65. The number of rotatable bonds is 11. The Morgan fingerprint density at radius 2 is 1.60 bits per heavy atom. The first-order chi connectivity index (χ1) is 25.8. The van der Waals surface area contributed by atoms with E-state index >= 15 is 0 Å². The molecular formula is C41H40N6O5S. The summed E-state index contributed by atoms with van der Waals surface area (Å²) in [5.74, 6) is 2.50. The molecule has 0 fully saturated rings. The fourth-order valence-electron chi connectivity index (χ4n) is 7.39. The van der Waals surface area contributed by atoms with Gasteiger partial charge in [-0.1, -0.05) is 50.6 Å². The molecule has 3 aliphatic heterocycles. The molecule has 0 saturated heterocycles. The summed E-state index contributed by atoms with van der Waals surface area (Å²) in [6.45, 7) is 4.98. The lowest BCUT2D eigenvalue weighted by Gasteiger charge is -2.41. The molecule has 0 amide bonds. The summed E-state index contributed by atoms with van der Waals surface area (Å²) in [5, 5.41) is 3.74. The summed E-state index contributed by atoms with van der Waals surface area (Å²) in [7, 11) is -4.24. The normalized spacial score (nSPS) is 15.4. The van der Waals surface area contributed by atoms with E-state index in [1.807, 2.05) is 66.9 Å². The van der Waals surface area contributed by atoms with Gasteiger partial charge in [0.1, 0.15) is 6.17 Å². The van der Waals surface area contributed by atoms with Crippen LogP contribution in [-0.2, 0) is 23.0 Å². The van der Waals surface area contributed by atoms with Gasteiger partial charge in [0.25, 0.3) is 10.1 Å².